The number of fused-ring (bicyclic) bond motifs is 1. The van der Waals surface area contributed by atoms with E-state index in [1.54, 1.807) is 6.07 Å². The summed E-state index contributed by atoms with van der Waals surface area (Å²) in [5, 5.41) is 7.74. The standard InChI is InChI=1S/C19H13N3O2S2/c23-17(16-6-3-11-26-16)22-19(25)20-13-9-7-12(8-10-13)18-21-14-4-1-2-5-15(14)24-18/h1-11H,(H2,20,22,23,25). The Balaban J connectivity index is 1.44. The second-order valence-electron chi connectivity index (χ2n) is 5.45. The summed E-state index contributed by atoms with van der Waals surface area (Å²) < 4.78 is 5.76. The molecule has 2 N–H and O–H groups in total. The fourth-order valence-electron chi connectivity index (χ4n) is 2.43. The molecule has 0 saturated heterocycles. The lowest BCUT2D eigenvalue weighted by Gasteiger charge is -2.09. The van der Waals surface area contributed by atoms with Crippen LogP contribution in [0.5, 0.6) is 0 Å². The number of rotatable bonds is 3. The van der Waals surface area contributed by atoms with E-state index in [2.05, 4.69) is 15.6 Å². The van der Waals surface area contributed by atoms with Crippen molar-refractivity contribution >= 4 is 51.4 Å². The van der Waals surface area contributed by atoms with Gasteiger partial charge in [-0.1, -0.05) is 18.2 Å². The largest absolute Gasteiger partial charge is 0.436 e. The zero-order valence-corrected chi connectivity index (χ0v) is 15.1. The quantitative estimate of drug-likeness (QED) is 0.506. The number of nitrogens with zero attached hydrogens (tertiary/aromatic N) is 1. The Hall–Kier alpha value is -3.03. The van der Waals surface area contributed by atoms with Crippen LogP contribution in [0.3, 0.4) is 0 Å². The van der Waals surface area contributed by atoms with E-state index < -0.39 is 0 Å². The third kappa shape index (κ3) is 3.49. The molecule has 4 rings (SSSR count). The van der Waals surface area contributed by atoms with Crippen LogP contribution in [0.1, 0.15) is 9.67 Å². The molecule has 0 bridgehead atoms. The molecule has 4 aromatic rings. The molecule has 26 heavy (non-hydrogen) atoms. The van der Waals surface area contributed by atoms with E-state index in [4.69, 9.17) is 16.6 Å². The molecule has 2 aromatic carbocycles. The maximum Gasteiger partial charge on any atom is 0.267 e. The van der Waals surface area contributed by atoms with Crippen molar-refractivity contribution in [2.45, 2.75) is 0 Å². The van der Waals surface area contributed by atoms with Crippen LogP contribution in [0.25, 0.3) is 22.6 Å². The number of benzene rings is 2. The molecule has 128 valence electrons. The van der Waals surface area contributed by atoms with E-state index in [1.807, 2.05) is 60.0 Å². The first-order valence-electron chi connectivity index (χ1n) is 7.81. The minimum absolute atomic E-state index is 0.222. The monoisotopic (exact) mass is 379 g/mol. The first-order valence-corrected chi connectivity index (χ1v) is 9.10. The summed E-state index contributed by atoms with van der Waals surface area (Å²) in [6, 6.07) is 18.7. The molecular formula is C19H13N3O2S2. The van der Waals surface area contributed by atoms with Gasteiger partial charge in [0, 0.05) is 11.3 Å². The molecule has 0 fully saturated rings. The van der Waals surface area contributed by atoms with Crippen LogP contribution in [0, 0.1) is 0 Å². The molecule has 2 aromatic heterocycles. The van der Waals surface area contributed by atoms with Gasteiger partial charge in [-0.05, 0) is 60.1 Å². The molecule has 1 amide bonds. The van der Waals surface area contributed by atoms with E-state index in [9.17, 15) is 4.79 Å². The Morgan fingerprint density at radius 2 is 1.85 bits per heavy atom. The van der Waals surface area contributed by atoms with Gasteiger partial charge in [0.1, 0.15) is 5.52 Å². The number of carbonyl (C=O) groups excluding carboxylic acids is 1. The summed E-state index contributed by atoms with van der Waals surface area (Å²) in [6.45, 7) is 0. The molecule has 5 nitrogen and oxygen atoms in total. The van der Waals surface area contributed by atoms with Gasteiger partial charge < -0.3 is 9.73 Å². The van der Waals surface area contributed by atoms with E-state index in [0.29, 0.717) is 10.8 Å². The van der Waals surface area contributed by atoms with Crippen molar-refractivity contribution in [1.29, 1.82) is 0 Å². The Bertz CT molecular complexity index is 1040. The molecule has 2 heterocycles. The summed E-state index contributed by atoms with van der Waals surface area (Å²) in [4.78, 5) is 17.1. The van der Waals surface area contributed by atoms with Crippen molar-refractivity contribution < 1.29 is 9.21 Å². The SMILES string of the molecule is O=C(NC(=S)Nc1ccc(-c2nc3ccccc3o2)cc1)c1cccs1. The van der Waals surface area contributed by atoms with Crippen molar-refractivity contribution in [2.24, 2.45) is 0 Å². The van der Waals surface area contributed by atoms with Crippen molar-refractivity contribution in [1.82, 2.24) is 10.3 Å². The third-order valence-electron chi connectivity index (χ3n) is 3.66. The summed E-state index contributed by atoms with van der Waals surface area (Å²) in [5.41, 5.74) is 3.20. The minimum Gasteiger partial charge on any atom is -0.436 e. The molecule has 7 heteroatoms. The number of hydrogen-bond donors (Lipinski definition) is 2. The number of anilines is 1. The van der Waals surface area contributed by atoms with E-state index >= 15 is 0 Å². The predicted octanol–water partition coefficient (Wildman–Crippen LogP) is 4.68. The van der Waals surface area contributed by atoms with Crippen LogP contribution in [-0.2, 0) is 0 Å². The fraction of sp³-hybridized carbons (Fsp3) is 0. The molecule has 0 radical (unpaired) electrons. The molecular weight excluding hydrogens is 366 g/mol. The summed E-state index contributed by atoms with van der Waals surface area (Å²) >= 11 is 6.55. The molecule has 0 aliphatic heterocycles. The van der Waals surface area contributed by atoms with Gasteiger partial charge in [0.25, 0.3) is 5.91 Å². The molecule has 0 unspecified atom stereocenters. The predicted molar refractivity (Wildman–Crippen MR) is 107 cm³/mol. The maximum atomic E-state index is 12.0. The van der Waals surface area contributed by atoms with Crippen molar-refractivity contribution in [3.05, 3.63) is 70.9 Å². The number of amides is 1. The topological polar surface area (TPSA) is 67.2 Å². The Morgan fingerprint density at radius 1 is 1.04 bits per heavy atom. The van der Waals surface area contributed by atoms with Crippen molar-refractivity contribution in [2.75, 3.05) is 5.32 Å². The van der Waals surface area contributed by atoms with Crippen LogP contribution in [-0.4, -0.2) is 16.0 Å². The highest BCUT2D eigenvalue weighted by Crippen LogP contribution is 2.25. The molecule has 0 saturated carbocycles. The maximum absolute atomic E-state index is 12.0. The number of carbonyl (C=O) groups is 1. The Kier molecular flexibility index (Phi) is 4.47. The normalized spacial score (nSPS) is 10.6. The highest BCUT2D eigenvalue weighted by atomic mass is 32.1. The number of thiocarbonyl (C=S) groups is 1. The van der Waals surface area contributed by atoms with Gasteiger partial charge in [0.05, 0.1) is 4.88 Å². The number of aromatic nitrogens is 1. The second-order valence-corrected chi connectivity index (χ2v) is 6.81. The van der Waals surface area contributed by atoms with Gasteiger partial charge in [0.2, 0.25) is 5.89 Å². The summed E-state index contributed by atoms with van der Waals surface area (Å²) in [6.07, 6.45) is 0. The van der Waals surface area contributed by atoms with Gasteiger partial charge in [-0.2, -0.15) is 0 Å². The van der Waals surface area contributed by atoms with E-state index in [1.165, 1.54) is 11.3 Å². The Labute approximate surface area is 158 Å². The van der Waals surface area contributed by atoms with Crippen LogP contribution in [0.4, 0.5) is 5.69 Å². The molecule has 0 aliphatic rings. The van der Waals surface area contributed by atoms with Crippen LogP contribution >= 0.6 is 23.6 Å². The smallest absolute Gasteiger partial charge is 0.267 e. The minimum atomic E-state index is -0.222. The lowest BCUT2D eigenvalue weighted by molar-refractivity contribution is 0.0981. The van der Waals surface area contributed by atoms with Gasteiger partial charge in [-0.25, -0.2) is 4.98 Å². The van der Waals surface area contributed by atoms with Gasteiger partial charge >= 0.3 is 0 Å². The summed E-state index contributed by atoms with van der Waals surface area (Å²) in [5.74, 6) is 0.340. The number of para-hydroxylation sites is 2. The van der Waals surface area contributed by atoms with E-state index in [-0.39, 0.29) is 11.0 Å². The number of thiophene rings is 1. The zero-order valence-electron chi connectivity index (χ0n) is 13.4. The van der Waals surface area contributed by atoms with Crippen molar-refractivity contribution in [3.63, 3.8) is 0 Å². The van der Waals surface area contributed by atoms with Crippen LogP contribution in [0.2, 0.25) is 0 Å². The molecule has 0 aliphatic carbocycles. The van der Waals surface area contributed by atoms with Crippen LogP contribution in [0.15, 0.2) is 70.5 Å². The number of hydrogen-bond acceptors (Lipinski definition) is 5. The average molecular weight is 379 g/mol. The molecule has 0 atom stereocenters. The molecule has 0 spiro atoms. The van der Waals surface area contributed by atoms with E-state index in [0.717, 1.165) is 22.4 Å². The zero-order chi connectivity index (χ0) is 17.9. The lowest BCUT2D eigenvalue weighted by Crippen LogP contribution is -2.33. The average Bonchev–Trinajstić information content (AvgIpc) is 3.32. The lowest BCUT2D eigenvalue weighted by atomic mass is 10.2. The number of oxazole rings is 1. The first-order chi connectivity index (χ1) is 12.7. The Morgan fingerprint density at radius 3 is 2.58 bits per heavy atom. The third-order valence-corrected chi connectivity index (χ3v) is 4.73. The number of nitrogens with one attached hydrogen (secondary N) is 2. The summed E-state index contributed by atoms with van der Waals surface area (Å²) in [7, 11) is 0. The van der Waals surface area contributed by atoms with Crippen LogP contribution < -0.4 is 10.6 Å². The van der Waals surface area contributed by atoms with Gasteiger partial charge in [-0.3, -0.25) is 10.1 Å². The highest BCUT2D eigenvalue weighted by molar-refractivity contribution is 7.80. The van der Waals surface area contributed by atoms with Gasteiger partial charge in [-0.15, -0.1) is 11.3 Å². The first kappa shape index (κ1) is 16.4. The van der Waals surface area contributed by atoms with Gasteiger partial charge in [0.15, 0.2) is 10.7 Å². The fourth-order valence-corrected chi connectivity index (χ4v) is 3.26. The second kappa shape index (κ2) is 7.07. The van der Waals surface area contributed by atoms with Crippen molar-refractivity contribution in [3.8, 4) is 11.5 Å². The highest BCUT2D eigenvalue weighted by Gasteiger charge is 2.10.